The number of benzene rings is 1. The molecule has 1 atom stereocenters. The van der Waals surface area contributed by atoms with Gasteiger partial charge in [0.2, 0.25) is 0 Å². The summed E-state index contributed by atoms with van der Waals surface area (Å²) in [6, 6.07) is 4.43. The molecule has 0 fully saturated rings. The summed E-state index contributed by atoms with van der Waals surface area (Å²) in [4.78, 5) is 17.4. The molecule has 0 aliphatic heterocycles. The molecule has 1 aromatic carbocycles. The number of nitrogens with zero attached hydrogens (tertiary/aromatic N) is 3. The summed E-state index contributed by atoms with van der Waals surface area (Å²) >= 11 is 1.31. The van der Waals surface area contributed by atoms with Gasteiger partial charge in [0.05, 0.1) is 23.4 Å². The predicted molar refractivity (Wildman–Crippen MR) is 101 cm³/mol. The molecule has 3 aromatic rings. The Balaban J connectivity index is 1.64. The molecule has 0 bridgehead atoms. The highest BCUT2D eigenvalue weighted by Crippen LogP contribution is 2.31. The van der Waals surface area contributed by atoms with Gasteiger partial charge in [-0.3, -0.25) is 9.48 Å². The number of halogens is 3. The van der Waals surface area contributed by atoms with Crippen LogP contribution in [0.4, 0.5) is 24.0 Å². The Labute approximate surface area is 163 Å². The lowest BCUT2D eigenvalue weighted by Gasteiger charge is -2.11. The van der Waals surface area contributed by atoms with Crippen molar-refractivity contribution < 1.29 is 18.0 Å². The van der Waals surface area contributed by atoms with Gasteiger partial charge in [-0.25, -0.2) is 4.98 Å². The maximum Gasteiger partial charge on any atom is 0.416 e. The summed E-state index contributed by atoms with van der Waals surface area (Å²) < 4.78 is 39.5. The molecule has 0 radical (unpaired) electrons. The smallest absolute Gasteiger partial charge is 0.345 e. The number of anilines is 2. The van der Waals surface area contributed by atoms with Gasteiger partial charge in [-0.1, -0.05) is 11.3 Å². The second kappa shape index (κ2) is 7.63. The number of carbonyl (C=O) groups excluding carboxylic acids is 1. The minimum atomic E-state index is -4.37. The molecule has 28 heavy (non-hydrogen) atoms. The lowest BCUT2D eigenvalue weighted by molar-refractivity contribution is -0.137. The van der Waals surface area contributed by atoms with E-state index < -0.39 is 11.7 Å². The standard InChI is InChI=1S/C18H18F3N5OS/c1-10(24-16(27)14-8-23-26(3)11(14)2)15-9-22-17(28-15)25-13-6-4-12(5-7-13)18(19,20)21/h4-10H,1-3H3,(H,22,25)(H,24,27). The van der Waals surface area contributed by atoms with Gasteiger partial charge in [-0.15, -0.1) is 0 Å². The number of carbonyl (C=O) groups is 1. The maximum absolute atomic E-state index is 12.6. The van der Waals surface area contributed by atoms with Crippen LogP contribution in [0.2, 0.25) is 0 Å². The molecule has 3 rings (SSSR count). The third-order valence-electron chi connectivity index (χ3n) is 4.24. The van der Waals surface area contributed by atoms with Crippen molar-refractivity contribution >= 4 is 28.1 Å². The van der Waals surface area contributed by atoms with Crippen LogP contribution in [0.3, 0.4) is 0 Å². The Bertz CT molecular complexity index is 978. The number of nitrogens with one attached hydrogen (secondary N) is 2. The van der Waals surface area contributed by atoms with Gasteiger partial charge in [-0.2, -0.15) is 18.3 Å². The first kappa shape index (κ1) is 19.9. The number of rotatable bonds is 5. The zero-order valence-electron chi connectivity index (χ0n) is 15.3. The molecule has 0 spiro atoms. The summed E-state index contributed by atoms with van der Waals surface area (Å²) in [5.41, 5.74) is 1.05. The Hall–Kier alpha value is -2.88. The largest absolute Gasteiger partial charge is 0.416 e. The first-order chi connectivity index (χ1) is 13.1. The van der Waals surface area contributed by atoms with Crippen molar-refractivity contribution in [3.63, 3.8) is 0 Å². The summed E-state index contributed by atoms with van der Waals surface area (Å²) in [5.74, 6) is -0.233. The van der Waals surface area contributed by atoms with Crippen LogP contribution >= 0.6 is 11.3 Å². The van der Waals surface area contributed by atoms with E-state index in [1.165, 1.54) is 29.7 Å². The molecule has 0 aliphatic carbocycles. The van der Waals surface area contributed by atoms with E-state index >= 15 is 0 Å². The third-order valence-corrected chi connectivity index (χ3v) is 5.34. The number of aromatic nitrogens is 3. The monoisotopic (exact) mass is 409 g/mol. The molecule has 0 saturated heterocycles. The van der Waals surface area contributed by atoms with E-state index in [0.717, 1.165) is 22.7 Å². The number of hydrogen-bond donors (Lipinski definition) is 2. The lowest BCUT2D eigenvalue weighted by atomic mass is 10.2. The second-order valence-electron chi connectivity index (χ2n) is 6.23. The number of hydrogen-bond acceptors (Lipinski definition) is 5. The van der Waals surface area contributed by atoms with E-state index in [1.807, 2.05) is 13.8 Å². The summed E-state index contributed by atoms with van der Waals surface area (Å²) in [6.07, 6.45) is -1.23. The number of aryl methyl sites for hydroxylation is 1. The molecule has 2 heterocycles. The molecule has 1 unspecified atom stereocenters. The first-order valence-electron chi connectivity index (χ1n) is 8.34. The van der Waals surface area contributed by atoms with Crippen molar-refractivity contribution in [1.82, 2.24) is 20.1 Å². The van der Waals surface area contributed by atoms with Crippen LogP contribution in [0.15, 0.2) is 36.7 Å². The Kier molecular flexibility index (Phi) is 5.41. The molecule has 10 heteroatoms. The fourth-order valence-corrected chi connectivity index (χ4v) is 3.32. The molecule has 148 valence electrons. The Morgan fingerprint density at radius 1 is 1.21 bits per heavy atom. The van der Waals surface area contributed by atoms with Crippen LogP contribution in [-0.2, 0) is 13.2 Å². The summed E-state index contributed by atoms with van der Waals surface area (Å²) in [7, 11) is 1.76. The normalized spacial score (nSPS) is 12.6. The van der Waals surface area contributed by atoms with Crippen molar-refractivity contribution in [2.45, 2.75) is 26.1 Å². The summed E-state index contributed by atoms with van der Waals surface area (Å²) in [5, 5.41) is 10.4. The lowest BCUT2D eigenvalue weighted by Crippen LogP contribution is -2.26. The SMILES string of the molecule is Cc1c(C(=O)NC(C)c2cnc(Nc3ccc(C(F)(F)F)cc3)s2)cnn1C. The Morgan fingerprint density at radius 3 is 2.46 bits per heavy atom. The van der Waals surface area contributed by atoms with Crippen molar-refractivity contribution in [2.75, 3.05) is 5.32 Å². The van der Waals surface area contributed by atoms with Gasteiger partial charge < -0.3 is 10.6 Å². The van der Waals surface area contributed by atoms with Crippen LogP contribution in [0.25, 0.3) is 0 Å². The first-order valence-corrected chi connectivity index (χ1v) is 9.16. The highest BCUT2D eigenvalue weighted by atomic mass is 32.1. The minimum Gasteiger partial charge on any atom is -0.345 e. The molecule has 1 amide bonds. The molecule has 6 nitrogen and oxygen atoms in total. The molecule has 2 N–H and O–H groups in total. The number of alkyl halides is 3. The molecular weight excluding hydrogens is 391 g/mol. The second-order valence-corrected chi connectivity index (χ2v) is 7.29. The van der Waals surface area contributed by atoms with Gasteiger partial charge in [0, 0.05) is 29.5 Å². The van der Waals surface area contributed by atoms with Crippen LogP contribution in [-0.4, -0.2) is 20.7 Å². The fraction of sp³-hybridized carbons (Fsp3) is 0.278. The zero-order valence-corrected chi connectivity index (χ0v) is 16.1. The van der Waals surface area contributed by atoms with Crippen molar-refractivity contribution in [3.8, 4) is 0 Å². The molecule has 0 saturated carbocycles. The molecule has 2 aromatic heterocycles. The van der Waals surface area contributed by atoms with Crippen LogP contribution < -0.4 is 10.6 Å². The van der Waals surface area contributed by atoms with Crippen LogP contribution in [0.5, 0.6) is 0 Å². The zero-order chi connectivity index (χ0) is 20.5. The topological polar surface area (TPSA) is 71.8 Å². The van der Waals surface area contributed by atoms with E-state index in [2.05, 4.69) is 20.7 Å². The maximum atomic E-state index is 12.6. The minimum absolute atomic E-state index is 0.233. The number of amides is 1. The van der Waals surface area contributed by atoms with Gasteiger partial charge >= 0.3 is 6.18 Å². The van der Waals surface area contributed by atoms with E-state index in [-0.39, 0.29) is 11.9 Å². The van der Waals surface area contributed by atoms with E-state index in [9.17, 15) is 18.0 Å². The highest BCUT2D eigenvalue weighted by molar-refractivity contribution is 7.15. The summed E-state index contributed by atoms with van der Waals surface area (Å²) in [6.45, 7) is 3.64. The fourth-order valence-electron chi connectivity index (χ4n) is 2.48. The van der Waals surface area contributed by atoms with Crippen LogP contribution in [0, 0.1) is 6.92 Å². The molecular formula is C18H18F3N5OS. The predicted octanol–water partition coefficient (Wildman–Crippen LogP) is 4.44. The van der Waals surface area contributed by atoms with E-state index in [4.69, 9.17) is 0 Å². The third kappa shape index (κ3) is 4.33. The van der Waals surface area contributed by atoms with Gasteiger partial charge in [0.25, 0.3) is 5.91 Å². The highest BCUT2D eigenvalue weighted by Gasteiger charge is 2.30. The van der Waals surface area contributed by atoms with Gasteiger partial charge in [0.1, 0.15) is 0 Å². The van der Waals surface area contributed by atoms with Crippen LogP contribution in [0.1, 0.15) is 39.5 Å². The Morgan fingerprint density at radius 2 is 1.89 bits per heavy atom. The van der Waals surface area contributed by atoms with Crippen molar-refractivity contribution in [2.24, 2.45) is 7.05 Å². The molecule has 0 aliphatic rings. The quantitative estimate of drug-likeness (QED) is 0.654. The van der Waals surface area contributed by atoms with Crippen molar-refractivity contribution in [1.29, 1.82) is 0 Å². The van der Waals surface area contributed by atoms with Gasteiger partial charge in [0.15, 0.2) is 5.13 Å². The van der Waals surface area contributed by atoms with E-state index in [1.54, 1.807) is 17.9 Å². The average Bonchev–Trinajstić information content (AvgIpc) is 3.22. The average molecular weight is 409 g/mol. The van der Waals surface area contributed by atoms with E-state index in [0.29, 0.717) is 16.4 Å². The number of thiazole rings is 1. The van der Waals surface area contributed by atoms with Gasteiger partial charge in [-0.05, 0) is 38.1 Å². The van der Waals surface area contributed by atoms with Crippen molar-refractivity contribution in [3.05, 3.63) is 58.4 Å².